The number of phenols is 1. The maximum Gasteiger partial charge on any atom is 0.352 e. The topological polar surface area (TPSA) is 113 Å². The molecule has 13 heteroatoms. The number of hydrogen-bond acceptors (Lipinski definition) is 6. The van der Waals surface area contributed by atoms with Crippen LogP contribution < -0.4 is 16.1 Å². The molecule has 2 aliphatic heterocycles. The Balaban J connectivity index is 1.46. The van der Waals surface area contributed by atoms with Gasteiger partial charge in [-0.05, 0) is 41.5 Å². The highest BCUT2D eigenvalue weighted by atomic mass is 35.5. The second kappa shape index (κ2) is 9.25. The molecule has 1 aromatic heterocycles. The molecule has 0 bridgehead atoms. The summed E-state index contributed by atoms with van der Waals surface area (Å²) in [6.45, 7) is -0.0174. The second-order valence-electron chi connectivity index (χ2n) is 10.6. The number of aromatic hydroxyl groups is 1. The SMILES string of the molecule is O=C1C(Cl)=C(Cl)C(=O)C2(Cl)C(C3=COc4ccc(O)cc4C3)C3=CCn4c(=O)n(-c5ccccc5)c(=O)n4C3CC12Cl. The number of hydrogen-bond donors (Lipinski definition) is 1. The molecule has 0 radical (unpaired) electrons. The molecule has 1 fully saturated rings. The Morgan fingerprint density at radius 2 is 1.64 bits per heavy atom. The summed E-state index contributed by atoms with van der Waals surface area (Å²) in [4.78, 5) is 50.8. The molecule has 4 atom stereocenters. The molecule has 1 N–H and O–H groups in total. The van der Waals surface area contributed by atoms with Crippen LogP contribution in [0.4, 0.5) is 0 Å². The van der Waals surface area contributed by atoms with Gasteiger partial charge in [-0.15, -0.1) is 23.2 Å². The first-order valence-corrected chi connectivity index (χ1v) is 14.4. The van der Waals surface area contributed by atoms with Crippen LogP contribution in [0.1, 0.15) is 18.0 Å². The van der Waals surface area contributed by atoms with Gasteiger partial charge in [-0.25, -0.2) is 23.5 Å². The number of fused-ring (bicyclic) bond motifs is 5. The quantitative estimate of drug-likeness (QED) is 0.328. The zero-order valence-electron chi connectivity index (χ0n) is 21.4. The number of Topliss-reactive ketones (excluding diaryl/α,β-unsaturated/α-hetero) is 2. The molecule has 1 saturated carbocycles. The van der Waals surface area contributed by atoms with Gasteiger partial charge in [-0.3, -0.25) is 9.59 Å². The number of carbonyl (C=O) groups is 2. The molecule has 4 aliphatic rings. The van der Waals surface area contributed by atoms with E-state index in [1.807, 2.05) is 0 Å². The van der Waals surface area contributed by atoms with Crippen molar-refractivity contribution in [3.63, 3.8) is 0 Å². The largest absolute Gasteiger partial charge is 0.508 e. The number of alkyl halides is 2. The first-order chi connectivity index (χ1) is 20.0. The number of halogens is 4. The number of benzene rings is 2. The van der Waals surface area contributed by atoms with Crippen LogP contribution in [-0.2, 0) is 22.6 Å². The first kappa shape index (κ1) is 27.3. The highest BCUT2D eigenvalue weighted by molar-refractivity contribution is 6.66. The van der Waals surface area contributed by atoms with Crippen LogP contribution in [0, 0.1) is 5.92 Å². The molecule has 2 aromatic carbocycles. The summed E-state index contributed by atoms with van der Waals surface area (Å²) in [5.74, 6) is -2.31. The summed E-state index contributed by atoms with van der Waals surface area (Å²) in [5, 5.41) is 9.03. The summed E-state index contributed by atoms with van der Waals surface area (Å²) >= 11 is 26.9. The Bertz CT molecular complexity index is 1950. The lowest BCUT2D eigenvalue weighted by Gasteiger charge is -2.55. The Morgan fingerprint density at radius 3 is 2.38 bits per heavy atom. The molecule has 7 rings (SSSR count). The van der Waals surface area contributed by atoms with E-state index in [0.29, 0.717) is 28.1 Å². The molecule has 2 aliphatic carbocycles. The predicted octanol–water partition coefficient (Wildman–Crippen LogP) is 4.32. The van der Waals surface area contributed by atoms with Crippen LogP contribution in [0.5, 0.6) is 11.5 Å². The zero-order valence-corrected chi connectivity index (χ0v) is 24.4. The monoisotopic (exact) mass is 645 g/mol. The van der Waals surface area contributed by atoms with Crippen LogP contribution in [0.2, 0.25) is 0 Å². The third kappa shape index (κ3) is 3.45. The Labute approximate surface area is 257 Å². The van der Waals surface area contributed by atoms with E-state index in [1.165, 1.54) is 27.8 Å². The van der Waals surface area contributed by atoms with Gasteiger partial charge in [0.25, 0.3) is 0 Å². The van der Waals surface area contributed by atoms with Crippen molar-refractivity contribution in [2.75, 3.05) is 0 Å². The van der Waals surface area contributed by atoms with Crippen LogP contribution in [0.3, 0.4) is 0 Å². The smallest absolute Gasteiger partial charge is 0.352 e. The fourth-order valence-corrected chi connectivity index (χ4v) is 8.12. The van der Waals surface area contributed by atoms with Gasteiger partial charge in [0.1, 0.15) is 31.3 Å². The lowest BCUT2D eigenvalue weighted by atomic mass is 9.58. The summed E-state index contributed by atoms with van der Waals surface area (Å²) in [6.07, 6.45) is 2.99. The normalized spacial score (nSPS) is 28.2. The molecule has 0 spiro atoms. The van der Waals surface area contributed by atoms with Gasteiger partial charge in [-0.1, -0.05) is 47.5 Å². The van der Waals surface area contributed by atoms with Gasteiger partial charge >= 0.3 is 11.4 Å². The number of phenolic OH excluding ortho intramolecular Hbond substituents is 1. The van der Waals surface area contributed by atoms with Crippen LogP contribution in [0.25, 0.3) is 5.69 Å². The van der Waals surface area contributed by atoms with Crippen molar-refractivity contribution in [3.8, 4) is 17.2 Å². The van der Waals surface area contributed by atoms with E-state index >= 15 is 0 Å². The lowest BCUT2D eigenvalue weighted by molar-refractivity contribution is -0.129. The molecule has 42 heavy (non-hydrogen) atoms. The highest BCUT2D eigenvalue weighted by Gasteiger charge is 2.72. The number of para-hydroxylation sites is 1. The van der Waals surface area contributed by atoms with Crippen LogP contribution in [0.15, 0.2) is 91.7 Å². The maximum atomic E-state index is 13.9. The molecule has 4 unspecified atom stereocenters. The van der Waals surface area contributed by atoms with E-state index in [9.17, 15) is 24.3 Å². The molecule has 3 aromatic rings. The Morgan fingerprint density at radius 1 is 0.929 bits per heavy atom. The Hall–Kier alpha value is -3.50. The van der Waals surface area contributed by atoms with Gasteiger partial charge < -0.3 is 9.84 Å². The van der Waals surface area contributed by atoms with E-state index in [-0.39, 0.29) is 25.1 Å². The van der Waals surface area contributed by atoms with Gasteiger partial charge in [0, 0.05) is 24.3 Å². The number of ether oxygens (including phenoxy) is 1. The molecule has 214 valence electrons. The number of ketones is 2. The second-order valence-corrected chi connectivity index (χ2v) is 12.6. The minimum Gasteiger partial charge on any atom is -0.508 e. The molecule has 9 nitrogen and oxygen atoms in total. The average Bonchev–Trinajstić information content (AvgIpc) is 3.25. The third-order valence-electron chi connectivity index (χ3n) is 8.46. The predicted molar refractivity (Wildman–Crippen MR) is 156 cm³/mol. The Kier molecular flexibility index (Phi) is 6.02. The van der Waals surface area contributed by atoms with Crippen molar-refractivity contribution >= 4 is 58.0 Å². The van der Waals surface area contributed by atoms with Crippen molar-refractivity contribution in [3.05, 3.63) is 109 Å². The van der Waals surface area contributed by atoms with E-state index in [2.05, 4.69) is 0 Å². The maximum absolute atomic E-state index is 13.9. The summed E-state index contributed by atoms with van der Waals surface area (Å²) in [6, 6.07) is 12.1. The van der Waals surface area contributed by atoms with Crippen LogP contribution in [-0.4, -0.2) is 40.4 Å². The number of nitrogens with zero attached hydrogens (tertiary/aromatic N) is 3. The standard InChI is InChI=1S/C29H19Cl4N3O6/c30-22-23(31)25(39)29(33)21(15-10-14-11-17(37)6-7-20(14)42-13-15)18-8-9-34-26(40)35(16-4-2-1-3-5-16)27(41)36(34)19(18)12-28(29,32)24(22)38/h1-8,11,13,19,21,37H,9-10,12H2. The van der Waals surface area contributed by atoms with Crippen LogP contribution >= 0.6 is 46.4 Å². The summed E-state index contributed by atoms with van der Waals surface area (Å²) < 4.78 is 9.43. The third-order valence-corrected chi connectivity index (χ3v) is 10.7. The van der Waals surface area contributed by atoms with Crippen molar-refractivity contribution in [2.45, 2.75) is 35.2 Å². The highest BCUT2D eigenvalue weighted by Crippen LogP contribution is 2.63. The fourth-order valence-electron chi connectivity index (χ4n) is 6.58. The average molecular weight is 647 g/mol. The van der Waals surface area contributed by atoms with Crippen molar-refractivity contribution in [1.82, 2.24) is 13.9 Å². The summed E-state index contributed by atoms with van der Waals surface area (Å²) in [5.41, 5.74) is 0.687. The van der Waals surface area contributed by atoms with Gasteiger partial charge in [0.2, 0.25) is 0 Å². The molecule has 0 saturated heterocycles. The van der Waals surface area contributed by atoms with Crippen molar-refractivity contribution in [2.24, 2.45) is 5.92 Å². The molecule has 3 heterocycles. The summed E-state index contributed by atoms with van der Waals surface area (Å²) in [7, 11) is 0. The minimum atomic E-state index is -2.15. The van der Waals surface area contributed by atoms with Gasteiger partial charge in [0.15, 0.2) is 11.6 Å². The zero-order chi connectivity index (χ0) is 29.7. The van der Waals surface area contributed by atoms with Crippen molar-refractivity contribution < 1.29 is 19.4 Å². The lowest BCUT2D eigenvalue weighted by Crippen LogP contribution is -2.68. The number of aromatic nitrogens is 3. The number of allylic oxidation sites excluding steroid dienone is 5. The van der Waals surface area contributed by atoms with E-state index < -0.39 is 54.7 Å². The number of carbonyl (C=O) groups excluding carboxylic acids is 2. The minimum absolute atomic E-state index is 0.00350. The van der Waals surface area contributed by atoms with Gasteiger partial charge in [0.05, 0.1) is 24.5 Å². The fraction of sp³-hybridized carbons (Fsp3) is 0.241. The first-order valence-electron chi connectivity index (χ1n) is 12.9. The molecular weight excluding hydrogens is 628 g/mol. The van der Waals surface area contributed by atoms with E-state index in [0.717, 1.165) is 4.57 Å². The van der Waals surface area contributed by atoms with Crippen molar-refractivity contribution in [1.29, 1.82) is 0 Å². The van der Waals surface area contributed by atoms with E-state index in [4.69, 9.17) is 51.1 Å². The van der Waals surface area contributed by atoms with E-state index in [1.54, 1.807) is 42.5 Å². The molecule has 0 amide bonds. The number of rotatable bonds is 2. The van der Waals surface area contributed by atoms with Gasteiger partial charge in [-0.2, -0.15) is 0 Å². The molecular formula is C29H19Cl4N3O6.